The van der Waals surface area contributed by atoms with Crippen LogP contribution in [0.2, 0.25) is 0 Å². The first kappa shape index (κ1) is 16.3. The van der Waals surface area contributed by atoms with Crippen LogP contribution in [0.4, 0.5) is 0 Å². The summed E-state index contributed by atoms with van der Waals surface area (Å²) in [4.78, 5) is 7.89. The third-order valence-corrected chi connectivity index (χ3v) is 5.73. The van der Waals surface area contributed by atoms with Crippen LogP contribution in [-0.4, -0.2) is 18.4 Å². The predicted molar refractivity (Wildman–Crippen MR) is 99.0 cm³/mol. The molecule has 4 rings (SSSR count). The molecule has 2 aromatic heterocycles. The molecule has 0 radical (unpaired) electrons. The molecule has 0 saturated heterocycles. The Morgan fingerprint density at radius 2 is 1.92 bits per heavy atom. The first-order valence-corrected chi connectivity index (χ1v) is 10.0. The van der Waals surface area contributed by atoms with Gasteiger partial charge in [0.2, 0.25) is 10.0 Å². The number of hydrogen-bond acceptors (Lipinski definition) is 3. The molecule has 0 spiro atoms. The van der Waals surface area contributed by atoms with E-state index in [1.165, 1.54) is 18.4 Å². The molecule has 0 atom stereocenters. The molecule has 3 N–H and O–H groups in total. The second-order valence-corrected chi connectivity index (χ2v) is 8.69. The topological polar surface area (TPSA) is 88.8 Å². The molecule has 25 heavy (non-hydrogen) atoms. The second-order valence-electron chi connectivity index (χ2n) is 7.13. The van der Waals surface area contributed by atoms with Crippen molar-refractivity contribution in [2.75, 3.05) is 0 Å². The van der Waals surface area contributed by atoms with Crippen LogP contribution in [-0.2, 0) is 10.0 Å². The summed E-state index contributed by atoms with van der Waals surface area (Å²) < 4.78 is 23.7. The highest BCUT2D eigenvalue weighted by atomic mass is 32.2. The highest BCUT2D eigenvalue weighted by Crippen LogP contribution is 2.43. The van der Waals surface area contributed by atoms with Crippen molar-refractivity contribution in [3.8, 4) is 11.1 Å². The summed E-state index contributed by atoms with van der Waals surface area (Å²) in [6.45, 7) is 4.07. The average molecular weight is 355 g/mol. The lowest BCUT2D eigenvalue weighted by molar-refractivity contribution is 0.597. The highest BCUT2D eigenvalue weighted by molar-refractivity contribution is 7.89. The number of nitrogens with one attached hydrogen (secondary N) is 1. The molecule has 0 unspecified atom stereocenters. The smallest absolute Gasteiger partial charge is 0.238 e. The first-order valence-electron chi connectivity index (χ1n) is 8.48. The van der Waals surface area contributed by atoms with Crippen LogP contribution in [0.3, 0.4) is 0 Å². The molecule has 0 bridgehead atoms. The zero-order valence-corrected chi connectivity index (χ0v) is 15.1. The van der Waals surface area contributed by atoms with Gasteiger partial charge in [-0.15, -0.1) is 0 Å². The fourth-order valence-electron chi connectivity index (χ4n) is 3.20. The number of H-pyrrole nitrogens is 1. The molecule has 1 aliphatic carbocycles. The molecule has 1 aliphatic rings. The summed E-state index contributed by atoms with van der Waals surface area (Å²) in [5, 5.41) is 6.49. The van der Waals surface area contributed by atoms with E-state index in [1.807, 2.05) is 26.1 Å². The van der Waals surface area contributed by atoms with E-state index in [0.717, 1.165) is 27.7 Å². The van der Waals surface area contributed by atoms with Gasteiger partial charge in [0, 0.05) is 23.3 Å². The summed E-state index contributed by atoms with van der Waals surface area (Å²) in [6.07, 6.45) is 6.26. The molecule has 6 heteroatoms. The first-order chi connectivity index (χ1) is 11.8. The van der Waals surface area contributed by atoms with E-state index < -0.39 is 10.0 Å². The average Bonchev–Trinajstić information content (AvgIpc) is 3.32. The van der Waals surface area contributed by atoms with Crippen molar-refractivity contribution < 1.29 is 8.42 Å². The zero-order valence-electron chi connectivity index (χ0n) is 14.3. The maximum atomic E-state index is 11.9. The molecule has 0 amide bonds. The van der Waals surface area contributed by atoms with Crippen LogP contribution in [0.1, 0.15) is 49.7 Å². The number of nitrogens with two attached hydrogens (primary N) is 1. The van der Waals surface area contributed by atoms with Crippen LogP contribution < -0.4 is 5.14 Å². The fourth-order valence-corrected chi connectivity index (χ4v) is 3.79. The van der Waals surface area contributed by atoms with Crippen LogP contribution in [0, 0.1) is 0 Å². The largest absolute Gasteiger partial charge is 0.346 e. The van der Waals surface area contributed by atoms with Gasteiger partial charge in [-0.05, 0) is 59.6 Å². The summed E-state index contributed by atoms with van der Waals surface area (Å²) in [5.74, 6) is 0.819. The third-order valence-electron chi connectivity index (χ3n) is 4.84. The van der Waals surface area contributed by atoms with Gasteiger partial charge in [-0.3, -0.25) is 0 Å². The molecule has 1 fully saturated rings. The van der Waals surface area contributed by atoms with Crippen molar-refractivity contribution in [3.63, 3.8) is 0 Å². The quantitative estimate of drug-likeness (QED) is 0.744. The van der Waals surface area contributed by atoms with E-state index in [2.05, 4.69) is 16.0 Å². The summed E-state index contributed by atoms with van der Waals surface area (Å²) in [6, 6.07) is 7.40. The van der Waals surface area contributed by atoms with Gasteiger partial charge < -0.3 is 4.98 Å². The maximum Gasteiger partial charge on any atom is 0.238 e. The normalized spacial score (nSPS) is 15.2. The Morgan fingerprint density at radius 3 is 2.56 bits per heavy atom. The lowest BCUT2D eigenvalue weighted by Gasteiger charge is -2.12. The van der Waals surface area contributed by atoms with Crippen molar-refractivity contribution in [1.29, 1.82) is 0 Å². The van der Waals surface area contributed by atoms with Crippen molar-refractivity contribution >= 4 is 21.1 Å². The third kappa shape index (κ3) is 3.07. The van der Waals surface area contributed by atoms with Crippen LogP contribution in [0.25, 0.3) is 22.2 Å². The van der Waals surface area contributed by atoms with Crippen molar-refractivity contribution in [3.05, 3.63) is 47.8 Å². The molecular formula is C19H21N3O2S. The summed E-state index contributed by atoms with van der Waals surface area (Å²) in [7, 11) is -3.76. The molecule has 2 heterocycles. The molecule has 130 valence electrons. The Labute approximate surface area is 147 Å². The number of sulfonamides is 1. The number of aromatic nitrogens is 2. The number of benzene rings is 1. The predicted octanol–water partition coefficient (Wildman–Crippen LogP) is 3.88. The number of hydrogen-bond donors (Lipinski definition) is 2. The fraction of sp³-hybridized carbons (Fsp3) is 0.316. The van der Waals surface area contributed by atoms with Crippen molar-refractivity contribution in [2.45, 2.75) is 43.4 Å². The monoisotopic (exact) mass is 355 g/mol. The molecule has 5 nitrogen and oxygen atoms in total. The Hall–Kier alpha value is -2.18. The van der Waals surface area contributed by atoms with E-state index >= 15 is 0 Å². The van der Waals surface area contributed by atoms with Gasteiger partial charge >= 0.3 is 0 Å². The van der Waals surface area contributed by atoms with Gasteiger partial charge in [-0.25, -0.2) is 18.5 Å². The molecule has 3 aromatic rings. The molecule has 1 aromatic carbocycles. The van der Waals surface area contributed by atoms with E-state index in [-0.39, 0.29) is 10.8 Å². The standard InChI is InChI=1S/C19H21N3O2S/c1-11(2)13-5-14(7-16(6-13)25(20,23)24)15-8-17-18(12-3-4-12)10-22-19(17)21-9-15/h5-12H,3-4H2,1-2H3,(H,21,22)(H2,20,23,24). The number of rotatable bonds is 4. The van der Waals surface area contributed by atoms with E-state index in [0.29, 0.717) is 5.92 Å². The molecule has 1 saturated carbocycles. The van der Waals surface area contributed by atoms with Crippen molar-refractivity contribution in [1.82, 2.24) is 9.97 Å². The molecule has 0 aliphatic heterocycles. The van der Waals surface area contributed by atoms with E-state index in [1.54, 1.807) is 18.3 Å². The summed E-state index contributed by atoms with van der Waals surface area (Å²) in [5.41, 5.74) is 4.85. The van der Waals surface area contributed by atoms with E-state index in [9.17, 15) is 8.42 Å². The summed E-state index contributed by atoms with van der Waals surface area (Å²) >= 11 is 0. The maximum absolute atomic E-state index is 11.9. The van der Waals surface area contributed by atoms with E-state index in [4.69, 9.17) is 5.14 Å². The lowest BCUT2D eigenvalue weighted by atomic mass is 9.97. The van der Waals surface area contributed by atoms with Gasteiger partial charge in [0.25, 0.3) is 0 Å². The minimum absolute atomic E-state index is 0.144. The van der Waals surface area contributed by atoms with Gasteiger partial charge in [0.15, 0.2) is 0 Å². The minimum Gasteiger partial charge on any atom is -0.346 e. The Morgan fingerprint density at radius 1 is 1.16 bits per heavy atom. The molecular weight excluding hydrogens is 334 g/mol. The van der Waals surface area contributed by atoms with Crippen LogP contribution >= 0.6 is 0 Å². The number of pyridine rings is 1. The van der Waals surface area contributed by atoms with Crippen LogP contribution in [0.15, 0.2) is 41.6 Å². The Balaban J connectivity index is 1.89. The minimum atomic E-state index is -3.76. The number of aromatic amines is 1. The second kappa shape index (κ2) is 5.68. The number of primary sulfonamides is 1. The van der Waals surface area contributed by atoms with Crippen molar-refractivity contribution in [2.24, 2.45) is 5.14 Å². The van der Waals surface area contributed by atoms with Gasteiger partial charge in [0.1, 0.15) is 5.65 Å². The number of fused-ring (bicyclic) bond motifs is 1. The van der Waals surface area contributed by atoms with Crippen LogP contribution in [0.5, 0.6) is 0 Å². The Bertz CT molecular complexity index is 1060. The zero-order chi connectivity index (χ0) is 17.8. The van der Waals surface area contributed by atoms with Gasteiger partial charge in [0.05, 0.1) is 4.90 Å². The van der Waals surface area contributed by atoms with Gasteiger partial charge in [-0.1, -0.05) is 19.9 Å². The number of nitrogens with zero attached hydrogens (tertiary/aromatic N) is 1. The van der Waals surface area contributed by atoms with Gasteiger partial charge in [-0.2, -0.15) is 0 Å². The highest BCUT2D eigenvalue weighted by Gasteiger charge is 2.26. The Kier molecular flexibility index (Phi) is 3.70. The lowest BCUT2D eigenvalue weighted by Crippen LogP contribution is -2.12. The SMILES string of the molecule is CC(C)c1cc(-c2cnc3[nH]cc(C4CC4)c3c2)cc(S(N)(=O)=O)c1.